The largest absolute Gasteiger partial charge is 0.326 e. The third kappa shape index (κ3) is 2.54. The van der Waals surface area contributed by atoms with E-state index in [1.807, 2.05) is 22.2 Å². The van der Waals surface area contributed by atoms with Gasteiger partial charge in [-0.2, -0.15) is 0 Å². The highest BCUT2D eigenvalue weighted by Crippen LogP contribution is 2.23. The molecule has 2 aromatic rings. The van der Waals surface area contributed by atoms with Crippen LogP contribution in [0.1, 0.15) is 25.0 Å². The van der Waals surface area contributed by atoms with Crippen molar-refractivity contribution in [3.63, 3.8) is 0 Å². The minimum Gasteiger partial charge on any atom is -0.326 e. The third-order valence-corrected chi connectivity index (χ3v) is 6.83. The van der Waals surface area contributed by atoms with Crippen molar-refractivity contribution in [2.24, 2.45) is 5.73 Å². The van der Waals surface area contributed by atoms with E-state index in [1.54, 1.807) is 11.3 Å². The summed E-state index contributed by atoms with van der Waals surface area (Å²) in [6.07, 6.45) is 6.81. The second kappa shape index (κ2) is 4.88. The minimum absolute atomic E-state index is 0.281. The fourth-order valence-corrected chi connectivity index (χ4v) is 5.49. The molecule has 2 atom stereocenters. The molecular formula is C12H17N3O2S2. The van der Waals surface area contributed by atoms with Crippen LogP contribution in [0.3, 0.4) is 0 Å². The normalized spacial score (nSPS) is 24.6. The van der Waals surface area contributed by atoms with Gasteiger partial charge in [0.25, 0.3) is 0 Å². The van der Waals surface area contributed by atoms with Crippen LogP contribution in [-0.2, 0) is 16.3 Å². The molecule has 1 aliphatic heterocycles. The van der Waals surface area contributed by atoms with Gasteiger partial charge in [0.15, 0.2) is 14.8 Å². The summed E-state index contributed by atoms with van der Waals surface area (Å²) in [6.45, 7) is 0. The molecule has 0 bridgehead atoms. The maximum Gasteiger partial charge on any atom is 0.193 e. The number of hydrogen-bond donors (Lipinski definition) is 1. The monoisotopic (exact) mass is 299 g/mol. The van der Waals surface area contributed by atoms with E-state index < -0.39 is 15.1 Å². The summed E-state index contributed by atoms with van der Waals surface area (Å²) in [5.74, 6) is 0.281. The molecule has 2 unspecified atom stereocenters. The van der Waals surface area contributed by atoms with Gasteiger partial charge in [-0.05, 0) is 12.8 Å². The van der Waals surface area contributed by atoms with Crippen LogP contribution in [-0.4, -0.2) is 34.8 Å². The highest BCUT2D eigenvalue weighted by molar-refractivity contribution is 7.92. The number of rotatable bonds is 3. The topological polar surface area (TPSA) is 77.5 Å². The van der Waals surface area contributed by atoms with Crippen LogP contribution in [0.4, 0.5) is 0 Å². The van der Waals surface area contributed by atoms with Gasteiger partial charge >= 0.3 is 0 Å². The van der Waals surface area contributed by atoms with Crippen LogP contribution in [0.25, 0.3) is 4.96 Å². The Bertz CT molecular complexity index is 646. The van der Waals surface area contributed by atoms with Crippen molar-refractivity contribution in [1.29, 1.82) is 0 Å². The first-order chi connectivity index (χ1) is 9.06. The number of thiazole rings is 1. The maximum atomic E-state index is 12.0. The lowest BCUT2D eigenvalue weighted by Gasteiger charge is -2.27. The average molecular weight is 299 g/mol. The molecule has 0 aliphatic carbocycles. The smallest absolute Gasteiger partial charge is 0.193 e. The summed E-state index contributed by atoms with van der Waals surface area (Å²) >= 11 is 1.56. The van der Waals surface area contributed by atoms with Crippen molar-refractivity contribution in [2.75, 3.05) is 5.75 Å². The molecule has 1 saturated heterocycles. The van der Waals surface area contributed by atoms with Gasteiger partial charge in [0.2, 0.25) is 0 Å². The van der Waals surface area contributed by atoms with Crippen LogP contribution in [0.15, 0.2) is 17.8 Å². The molecule has 1 aliphatic rings. The molecule has 0 spiro atoms. The van der Waals surface area contributed by atoms with Crippen LogP contribution < -0.4 is 5.73 Å². The van der Waals surface area contributed by atoms with Crippen molar-refractivity contribution in [3.05, 3.63) is 23.5 Å². The van der Waals surface area contributed by atoms with Crippen LogP contribution in [0, 0.1) is 0 Å². The summed E-state index contributed by atoms with van der Waals surface area (Å²) in [6, 6.07) is -0.352. The highest BCUT2D eigenvalue weighted by atomic mass is 32.2. The Morgan fingerprint density at radius 3 is 3.11 bits per heavy atom. The molecule has 1 fully saturated rings. The van der Waals surface area contributed by atoms with Gasteiger partial charge < -0.3 is 5.73 Å². The molecule has 19 heavy (non-hydrogen) atoms. The molecule has 0 saturated carbocycles. The van der Waals surface area contributed by atoms with E-state index in [2.05, 4.69) is 4.98 Å². The number of nitrogens with two attached hydrogens (primary N) is 1. The zero-order valence-corrected chi connectivity index (χ0v) is 12.2. The van der Waals surface area contributed by atoms with Gasteiger partial charge in [0.05, 0.1) is 16.7 Å². The Balaban J connectivity index is 1.77. The van der Waals surface area contributed by atoms with Crippen molar-refractivity contribution < 1.29 is 8.42 Å². The minimum atomic E-state index is -3.02. The molecule has 0 amide bonds. The van der Waals surface area contributed by atoms with Crippen molar-refractivity contribution >= 4 is 26.1 Å². The molecular weight excluding hydrogens is 282 g/mol. The second-order valence-corrected chi connectivity index (χ2v) is 8.31. The molecule has 5 nitrogen and oxygen atoms in total. The van der Waals surface area contributed by atoms with Crippen LogP contribution in [0.5, 0.6) is 0 Å². The lowest BCUT2D eigenvalue weighted by atomic mass is 10.0. The first-order valence-electron chi connectivity index (χ1n) is 6.44. The zero-order valence-electron chi connectivity index (χ0n) is 10.5. The average Bonchev–Trinajstić information content (AvgIpc) is 2.88. The van der Waals surface area contributed by atoms with Gasteiger partial charge in [-0.1, -0.05) is 6.42 Å². The van der Waals surface area contributed by atoms with Crippen LogP contribution in [0.2, 0.25) is 0 Å². The zero-order chi connectivity index (χ0) is 13.5. The predicted molar refractivity (Wildman–Crippen MR) is 76.2 cm³/mol. The van der Waals surface area contributed by atoms with Gasteiger partial charge in [-0.3, -0.25) is 4.40 Å². The number of aromatic nitrogens is 2. The predicted octanol–water partition coefficient (Wildman–Crippen LogP) is 1.23. The van der Waals surface area contributed by atoms with E-state index >= 15 is 0 Å². The summed E-state index contributed by atoms with van der Waals surface area (Å²) < 4.78 is 26.0. The van der Waals surface area contributed by atoms with Crippen molar-refractivity contribution in [3.8, 4) is 0 Å². The van der Waals surface area contributed by atoms with E-state index in [4.69, 9.17) is 5.73 Å². The lowest BCUT2D eigenvalue weighted by Crippen LogP contribution is -2.44. The SMILES string of the molecule is NC(Cc1cn2ccsc2n1)C1CCCCS1(=O)=O. The van der Waals surface area contributed by atoms with Gasteiger partial charge in [0.1, 0.15) is 0 Å². The number of imidazole rings is 1. The fraction of sp³-hybridized carbons (Fsp3) is 0.583. The molecule has 3 rings (SSSR count). The second-order valence-electron chi connectivity index (χ2n) is 5.09. The standard InChI is InChI=1S/C12H17N3O2S2/c13-10(11-3-1-2-6-19(11,16)17)7-9-8-15-4-5-18-12(15)14-9/h4-5,8,10-11H,1-3,6-7,13H2. The molecule has 2 N–H and O–H groups in total. The number of fused-ring (bicyclic) bond motifs is 1. The fourth-order valence-electron chi connectivity index (χ4n) is 2.71. The van der Waals surface area contributed by atoms with Crippen molar-refractivity contribution in [1.82, 2.24) is 9.38 Å². The van der Waals surface area contributed by atoms with Crippen LogP contribution >= 0.6 is 11.3 Å². The summed E-state index contributed by atoms with van der Waals surface area (Å²) in [4.78, 5) is 5.39. The van der Waals surface area contributed by atoms with Crippen molar-refractivity contribution in [2.45, 2.75) is 37.0 Å². The Morgan fingerprint density at radius 2 is 2.37 bits per heavy atom. The van der Waals surface area contributed by atoms with E-state index in [-0.39, 0.29) is 11.8 Å². The number of hydrogen-bond acceptors (Lipinski definition) is 5. The summed E-state index contributed by atoms with van der Waals surface area (Å²) in [5.41, 5.74) is 7.00. The quantitative estimate of drug-likeness (QED) is 0.925. The Labute approximate surface area is 116 Å². The molecule has 7 heteroatoms. The third-order valence-electron chi connectivity index (χ3n) is 3.69. The van der Waals surface area contributed by atoms with Gasteiger partial charge in [0, 0.05) is 30.2 Å². The summed E-state index contributed by atoms with van der Waals surface area (Å²) in [7, 11) is -3.02. The highest BCUT2D eigenvalue weighted by Gasteiger charge is 2.33. The summed E-state index contributed by atoms with van der Waals surface area (Å²) in [5, 5.41) is 1.57. The molecule has 0 aromatic carbocycles. The first-order valence-corrected chi connectivity index (χ1v) is 9.04. The van der Waals surface area contributed by atoms with E-state index in [9.17, 15) is 8.42 Å². The van der Waals surface area contributed by atoms with E-state index in [0.717, 1.165) is 23.5 Å². The van der Waals surface area contributed by atoms with Gasteiger partial charge in [-0.25, -0.2) is 13.4 Å². The Kier molecular flexibility index (Phi) is 3.36. The first kappa shape index (κ1) is 13.1. The Hall–Kier alpha value is -0.920. The number of nitrogens with zero attached hydrogens (tertiary/aromatic N) is 2. The maximum absolute atomic E-state index is 12.0. The van der Waals surface area contributed by atoms with Gasteiger partial charge in [-0.15, -0.1) is 11.3 Å². The number of sulfone groups is 1. The Morgan fingerprint density at radius 1 is 1.53 bits per heavy atom. The van der Waals surface area contributed by atoms with E-state index in [0.29, 0.717) is 12.8 Å². The molecule has 3 heterocycles. The van der Waals surface area contributed by atoms with E-state index in [1.165, 1.54) is 0 Å². The molecule has 0 radical (unpaired) electrons. The lowest BCUT2D eigenvalue weighted by molar-refractivity contribution is 0.493. The molecule has 104 valence electrons. The molecule has 2 aromatic heterocycles.